The van der Waals surface area contributed by atoms with E-state index in [-0.39, 0.29) is 30.6 Å². The van der Waals surface area contributed by atoms with Crippen molar-refractivity contribution in [2.24, 2.45) is 0 Å². The summed E-state index contributed by atoms with van der Waals surface area (Å²) in [6.45, 7) is 0.576. The van der Waals surface area contributed by atoms with Gasteiger partial charge in [-0.3, -0.25) is 9.59 Å². The molecule has 1 unspecified atom stereocenters. The molecule has 3 rings (SSSR count). The standard InChI is InChI=1S/C17H17ClN2O4/c18-12-4-2-1-3-11(12)14-5-6-15(24-14)17(23)20-9-8-19-16(22)13(20)7-10-21/h1-6,13,21H,7-10H2,(H,19,22). The minimum Gasteiger partial charge on any atom is -0.451 e. The number of nitrogens with zero attached hydrogens (tertiary/aromatic N) is 1. The maximum absolute atomic E-state index is 12.7. The first kappa shape index (κ1) is 16.5. The number of carbonyl (C=O) groups is 2. The highest BCUT2D eigenvalue weighted by molar-refractivity contribution is 6.33. The molecule has 0 spiro atoms. The number of piperazine rings is 1. The lowest BCUT2D eigenvalue weighted by molar-refractivity contribution is -0.128. The second kappa shape index (κ2) is 7.07. The van der Waals surface area contributed by atoms with Crippen LogP contribution in [0, 0.1) is 0 Å². The molecule has 1 aliphatic heterocycles. The number of hydrogen-bond acceptors (Lipinski definition) is 4. The molecule has 1 atom stereocenters. The van der Waals surface area contributed by atoms with E-state index in [1.54, 1.807) is 24.3 Å². The van der Waals surface area contributed by atoms with Gasteiger partial charge in [0.1, 0.15) is 11.8 Å². The van der Waals surface area contributed by atoms with Crippen molar-refractivity contribution >= 4 is 23.4 Å². The average Bonchev–Trinajstić information content (AvgIpc) is 3.06. The third-order valence-electron chi connectivity index (χ3n) is 3.95. The number of furan rings is 1. The van der Waals surface area contributed by atoms with Gasteiger partial charge in [0, 0.05) is 25.3 Å². The molecule has 2 heterocycles. The Labute approximate surface area is 144 Å². The highest BCUT2D eigenvalue weighted by atomic mass is 35.5. The van der Waals surface area contributed by atoms with E-state index < -0.39 is 6.04 Å². The van der Waals surface area contributed by atoms with Crippen LogP contribution >= 0.6 is 11.6 Å². The van der Waals surface area contributed by atoms with Crippen LogP contribution in [0.3, 0.4) is 0 Å². The van der Waals surface area contributed by atoms with Crippen LogP contribution in [0.15, 0.2) is 40.8 Å². The van der Waals surface area contributed by atoms with E-state index in [9.17, 15) is 9.59 Å². The Morgan fingerprint density at radius 1 is 1.33 bits per heavy atom. The second-order valence-electron chi connectivity index (χ2n) is 5.46. The number of amides is 2. The Bertz CT molecular complexity index is 759. The van der Waals surface area contributed by atoms with Crippen molar-refractivity contribution in [3.63, 3.8) is 0 Å². The minimum atomic E-state index is -0.690. The Balaban J connectivity index is 1.85. The SMILES string of the molecule is O=C1NCCN(C(=O)c2ccc(-c3ccccc3Cl)o2)C1CCO. The topological polar surface area (TPSA) is 82.8 Å². The lowest BCUT2D eigenvalue weighted by Crippen LogP contribution is -2.57. The summed E-state index contributed by atoms with van der Waals surface area (Å²) in [5, 5.41) is 12.4. The van der Waals surface area contributed by atoms with E-state index >= 15 is 0 Å². The Morgan fingerprint density at radius 2 is 2.12 bits per heavy atom. The molecule has 1 saturated heterocycles. The predicted molar refractivity (Wildman–Crippen MR) is 88.7 cm³/mol. The molecule has 0 bridgehead atoms. The van der Waals surface area contributed by atoms with Gasteiger partial charge in [0.25, 0.3) is 5.91 Å². The number of aliphatic hydroxyl groups is 1. The number of benzene rings is 1. The predicted octanol–water partition coefficient (Wildman–Crippen LogP) is 1.92. The van der Waals surface area contributed by atoms with Gasteiger partial charge in [0.15, 0.2) is 5.76 Å². The molecule has 1 aromatic heterocycles. The van der Waals surface area contributed by atoms with Crippen LogP contribution in [0.1, 0.15) is 17.0 Å². The molecule has 6 nitrogen and oxygen atoms in total. The molecule has 1 aliphatic rings. The van der Waals surface area contributed by atoms with Gasteiger partial charge in [-0.15, -0.1) is 0 Å². The molecule has 0 saturated carbocycles. The lowest BCUT2D eigenvalue weighted by atomic mass is 10.1. The molecule has 2 aromatic rings. The molecule has 2 amide bonds. The Morgan fingerprint density at radius 3 is 2.88 bits per heavy atom. The fourth-order valence-corrected chi connectivity index (χ4v) is 3.00. The van der Waals surface area contributed by atoms with Crippen molar-refractivity contribution in [1.82, 2.24) is 10.2 Å². The van der Waals surface area contributed by atoms with E-state index in [4.69, 9.17) is 21.1 Å². The lowest BCUT2D eigenvalue weighted by Gasteiger charge is -2.34. The van der Waals surface area contributed by atoms with Crippen LogP contribution in [0.25, 0.3) is 11.3 Å². The largest absolute Gasteiger partial charge is 0.451 e. The van der Waals surface area contributed by atoms with Crippen molar-refractivity contribution in [1.29, 1.82) is 0 Å². The molecule has 24 heavy (non-hydrogen) atoms. The van der Waals surface area contributed by atoms with Crippen LogP contribution < -0.4 is 5.32 Å². The normalized spacial score (nSPS) is 17.7. The van der Waals surface area contributed by atoms with Gasteiger partial charge in [-0.05, 0) is 30.7 Å². The number of aliphatic hydroxyl groups excluding tert-OH is 1. The van der Waals surface area contributed by atoms with Gasteiger partial charge in [0.2, 0.25) is 5.91 Å². The van der Waals surface area contributed by atoms with Crippen LogP contribution in [-0.2, 0) is 4.79 Å². The first-order valence-electron chi connectivity index (χ1n) is 7.66. The van der Waals surface area contributed by atoms with E-state index in [2.05, 4.69) is 5.32 Å². The Hall–Kier alpha value is -2.31. The highest BCUT2D eigenvalue weighted by Crippen LogP contribution is 2.29. The monoisotopic (exact) mass is 348 g/mol. The summed E-state index contributed by atoms with van der Waals surface area (Å²) in [6, 6.07) is 9.75. The average molecular weight is 349 g/mol. The van der Waals surface area contributed by atoms with Crippen LogP contribution in [-0.4, -0.2) is 47.6 Å². The van der Waals surface area contributed by atoms with E-state index in [0.29, 0.717) is 29.4 Å². The Kier molecular flexibility index (Phi) is 4.87. The fourth-order valence-electron chi connectivity index (χ4n) is 2.77. The maximum atomic E-state index is 12.7. The zero-order valence-electron chi connectivity index (χ0n) is 12.9. The van der Waals surface area contributed by atoms with Crippen molar-refractivity contribution in [3.05, 3.63) is 47.2 Å². The zero-order valence-corrected chi connectivity index (χ0v) is 13.6. The van der Waals surface area contributed by atoms with Gasteiger partial charge in [-0.2, -0.15) is 0 Å². The number of nitrogens with one attached hydrogen (secondary N) is 1. The summed E-state index contributed by atoms with van der Waals surface area (Å²) in [6.07, 6.45) is 0.190. The summed E-state index contributed by atoms with van der Waals surface area (Å²) in [4.78, 5) is 26.1. The number of halogens is 1. The summed E-state index contributed by atoms with van der Waals surface area (Å²) in [7, 11) is 0. The molecule has 1 fully saturated rings. The van der Waals surface area contributed by atoms with Gasteiger partial charge in [0.05, 0.1) is 5.02 Å². The van der Waals surface area contributed by atoms with E-state index in [1.807, 2.05) is 12.1 Å². The second-order valence-corrected chi connectivity index (χ2v) is 5.87. The summed E-state index contributed by atoms with van der Waals surface area (Å²) >= 11 is 6.14. The molecular formula is C17H17ClN2O4. The maximum Gasteiger partial charge on any atom is 0.290 e. The van der Waals surface area contributed by atoms with Crippen LogP contribution in [0.4, 0.5) is 0 Å². The molecule has 0 aliphatic carbocycles. The van der Waals surface area contributed by atoms with Crippen LogP contribution in [0.2, 0.25) is 5.02 Å². The number of rotatable bonds is 4. The molecular weight excluding hydrogens is 332 g/mol. The smallest absolute Gasteiger partial charge is 0.290 e. The fraction of sp³-hybridized carbons (Fsp3) is 0.294. The molecule has 2 N–H and O–H groups in total. The summed E-state index contributed by atoms with van der Waals surface area (Å²) in [5.41, 5.74) is 0.696. The van der Waals surface area contributed by atoms with Crippen molar-refractivity contribution in [3.8, 4) is 11.3 Å². The van der Waals surface area contributed by atoms with Gasteiger partial charge in [-0.25, -0.2) is 0 Å². The van der Waals surface area contributed by atoms with E-state index in [1.165, 1.54) is 4.90 Å². The summed E-state index contributed by atoms with van der Waals surface area (Å²) < 4.78 is 5.66. The number of carbonyl (C=O) groups excluding carboxylic acids is 2. The van der Waals surface area contributed by atoms with E-state index in [0.717, 1.165) is 0 Å². The quantitative estimate of drug-likeness (QED) is 0.884. The molecule has 0 radical (unpaired) electrons. The van der Waals surface area contributed by atoms with Crippen molar-refractivity contribution in [2.45, 2.75) is 12.5 Å². The molecule has 126 valence electrons. The molecule has 7 heteroatoms. The summed E-state index contributed by atoms with van der Waals surface area (Å²) in [5.74, 6) is -0.00480. The number of hydrogen-bond donors (Lipinski definition) is 2. The van der Waals surface area contributed by atoms with Gasteiger partial charge >= 0.3 is 0 Å². The van der Waals surface area contributed by atoms with Crippen LogP contribution in [0.5, 0.6) is 0 Å². The van der Waals surface area contributed by atoms with Gasteiger partial charge in [-0.1, -0.05) is 23.7 Å². The third-order valence-corrected chi connectivity index (χ3v) is 4.28. The first-order chi connectivity index (χ1) is 11.6. The zero-order chi connectivity index (χ0) is 17.1. The third kappa shape index (κ3) is 3.16. The van der Waals surface area contributed by atoms with Crippen molar-refractivity contribution in [2.75, 3.05) is 19.7 Å². The highest BCUT2D eigenvalue weighted by Gasteiger charge is 2.34. The van der Waals surface area contributed by atoms with Crippen molar-refractivity contribution < 1.29 is 19.1 Å². The minimum absolute atomic E-state index is 0.141. The van der Waals surface area contributed by atoms with Gasteiger partial charge < -0.3 is 19.7 Å². The molecule has 1 aromatic carbocycles. The first-order valence-corrected chi connectivity index (χ1v) is 8.04.